The fourth-order valence-corrected chi connectivity index (χ4v) is 4.00. The third-order valence-electron chi connectivity index (χ3n) is 5.61. The molecule has 1 aliphatic carbocycles. The summed E-state index contributed by atoms with van der Waals surface area (Å²) >= 11 is 0. The number of H-pyrrole nitrogens is 1. The number of aliphatic carboxylic acids is 1. The molecule has 0 bridgehead atoms. The molecule has 5 heteroatoms. The summed E-state index contributed by atoms with van der Waals surface area (Å²) in [5.41, 5.74) is 1.31. The van der Waals surface area contributed by atoms with E-state index in [1.54, 1.807) is 7.05 Å². The van der Waals surface area contributed by atoms with Crippen LogP contribution in [0.3, 0.4) is 0 Å². The Morgan fingerprint density at radius 2 is 1.92 bits per heavy atom. The zero-order valence-electron chi connectivity index (χ0n) is 14.8. The lowest BCUT2D eigenvalue weighted by Gasteiger charge is -2.41. The van der Waals surface area contributed by atoms with Gasteiger partial charge in [0.1, 0.15) is 5.54 Å². The van der Waals surface area contributed by atoms with Crippen LogP contribution in [-0.2, 0) is 16.0 Å². The second-order valence-corrected chi connectivity index (χ2v) is 7.06. The number of aromatic amines is 1. The molecule has 3 rings (SSSR count). The van der Waals surface area contributed by atoms with E-state index in [9.17, 15) is 14.7 Å². The SMILES string of the molecule is CN(C(=O)CCCc1c[nH]c2ccccc12)C1(C(=O)O)CCCCC1. The molecule has 2 aromatic rings. The number of carbonyl (C=O) groups excluding carboxylic acids is 1. The molecule has 1 saturated carbocycles. The monoisotopic (exact) mass is 342 g/mol. The molecule has 1 aromatic carbocycles. The highest BCUT2D eigenvalue weighted by Crippen LogP contribution is 2.34. The van der Waals surface area contributed by atoms with E-state index >= 15 is 0 Å². The van der Waals surface area contributed by atoms with Crippen molar-refractivity contribution in [2.45, 2.75) is 56.9 Å². The van der Waals surface area contributed by atoms with Gasteiger partial charge in [-0.15, -0.1) is 0 Å². The Kier molecular flexibility index (Phi) is 5.11. The van der Waals surface area contributed by atoms with Gasteiger partial charge in [-0.05, 0) is 37.3 Å². The highest BCUT2D eigenvalue weighted by atomic mass is 16.4. The molecule has 0 radical (unpaired) electrons. The van der Waals surface area contributed by atoms with E-state index in [2.05, 4.69) is 11.1 Å². The summed E-state index contributed by atoms with van der Waals surface area (Å²) in [6, 6.07) is 8.13. The fourth-order valence-electron chi connectivity index (χ4n) is 4.00. The molecular formula is C20H26N2O3. The highest BCUT2D eigenvalue weighted by molar-refractivity contribution is 5.87. The average Bonchev–Trinajstić information content (AvgIpc) is 3.04. The second-order valence-electron chi connectivity index (χ2n) is 7.06. The standard InChI is InChI=1S/C20H26N2O3/c1-22(20(19(24)25)12-5-2-6-13-20)18(23)11-7-8-15-14-21-17-10-4-3-9-16(15)17/h3-4,9-10,14,21H,2,5-8,11-13H2,1H3,(H,24,25). The summed E-state index contributed by atoms with van der Waals surface area (Å²) in [5, 5.41) is 10.9. The first kappa shape index (κ1) is 17.5. The van der Waals surface area contributed by atoms with Crippen LogP contribution in [0.5, 0.6) is 0 Å². The van der Waals surface area contributed by atoms with E-state index in [0.29, 0.717) is 19.3 Å². The van der Waals surface area contributed by atoms with Crippen molar-refractivity contribution in [3.63, 3.8) is 0 Å². The molecule has 1 amide bonds. The van der Waals surface area contributed by atoms with Gasteiger partial charge in [0.2, 0.25) is 5.91 Å². The molecule has 1 aliphatic rings. The van der Waals surface area contributed by atoms with Gasteiger partial charge >= 0.3 is 5.97 Å². The molecule has 1 heterocycles. The van der Waals surface area contributed by atoms with Crippen LogP contribution in [0.1, 0.15) is 50.5 Å². The van der Waals surface area contributed by atoms with Crippen LogP contribution in [0.4, 0.5) is 0 Å². The minimum absolute atomic E-state index is 0.0656. The van der Waals surface area contributed by atoms with E-state index in [1.807, 2.05) is 24.4 Å². The number of carboxylic acid groups (broad SMARTS) is 1. The number of amides is 1. The molecule has 5 nitrogen and oxygen atoms in total. The molecule has 0 spiro atoms. The van der Waals surface area contributed by atoms with Gasteiger partial charge in [-0.25, -0.2) is 4.79 Å². The van der Waals surface area contributed by atoms with Crippen molar-refractivity contribution < 1.29 is 14.7 Å². The lowest BCUT2D eigenvalue weighted by molar-refractivity contribution is -0.160. The normalized spacial score (nSPS) is 16.7. The molecular weight excluding hydrogens is 316 g/mol. The number of nitrogens with zero attached hydrogens (tertiary/aromatic N) is 1. The van der Waals surface area contributed by atoms with Crippen molar-refractivity contribution in [3.05, 3.63) is 36.0 Å². The molecule has 0 aliphatic heterocycles. The van der Waals surface area contributed by atoms with Crippen molar-refractivity contribution in [1.29, 1.82) is 0 Å². The Bertz CT molecular complexity index is 759. The summed E-state index contributed by atoms with van der Waals surface area (Å²) < 4.78 is 0. The number of aromatic nitrogens is 1. The Labute approximate surface area is 148 Å². The number of hydrogen-bond acceptors (Lipinski definition) is 2. The lowest BCUT2D eigenvalue weighted by Crippen LogP contribution is -2.56. The third-order valence-corrected chi connectivity index (χ3v) is 5.61. The molecule has 0 atom stereocenters. The summed E-state index contributed by atoms with van der Waals surface area (Å²) in [7, 11) is 1.66. The Morgan fingerprint density at radius 1 is 1.20 bits per heavy atom. The zero-order valence-corrected chi connectivity index (χ0v) is 14.8. The summed E-state index contributed by atoms with van der Waals surface area (Å²) in [5.74, 6) is -0.927. The second kappa shape index (κ2) is 7.30. The number of rotatable bonds is 6. The van der Waals surface area contributed by atoms with Crippen LogP contribution < -0.4 is 0 Å². The lowest BCUT2D eigenvalue weighted by atomic mass is 9.80. The number of para-hydroxylation sites is 1. The Hall–Kier alpha value is -2.30. The fraction of sp³-hybridized carbons (Fsp3) is 0.500. The molecule has 1 fully saturated rings. The number of nitrogens with one attached hydrogen (secondary N) is 1. The maximum Gasteiger partial charge on any atom is 0.329 e. The maximum atomic E-state index is 12.6. The van der Waals surface area contributed by atoms with Crippen LogP contribution in [0.15, 0.2) is 30.5 Å². The first-order chi connectivity index (χ1) is 12.0. The summed E-state index contributed by atoms with van der Waals surface area (Å²) in [4.78, 5) is 29.2. The van der Waals surface area contributed by atoms with Crippen molar-refractivity contribution >= 4 is 22.8 Å². The van der Waals surface area contributed by atoms with Crippen molar-refractivity contribution in [3.8, 4) is 0 Å². The van der Waals surface area contributed by atoms with Crippen molar-refractivity contribution in [2.24, 2.45) is 0 Å². The smallest absolute Gasteiger partial charge is 0.329 e. The van der Waals surface area contributed by atoms with Gasteiger partial charge in [-0.3, -0.25) is 4.79 Å². The van der Waals surface area contributed by atoms with E-state index in [1.165, 1.54) is 15.8 Å². The predicted octanol–water partition coefficient (Wildman–Crippen LogP) is 3.74. The number of aryl methyl sites for hydroxylation is 1. The van der Waals surface area contributed by atoms with E-state index in [0.717, 1.165) is 37.6 Å². The topological polar surface area (TPSA) is 73.4 Å². The van der Waals surface area contributed by atoms with E-state index in [4.69, 9.17) is 0 Å². The van der Waals surface area contributed by atoms with Gasteiger partial charge in [0.05, 0.1) is 0 Å². The van der Waals surface area contributed by atoms with Gasteiger partial charge in [-0.2, -0.15) is 0 Å². The van der Waals surface area contributed by atoms with Gasteiger partial charge < -0.3 is 15.0 Å². The van der Waals surface area contributed by atoms with Crippen LogP contribution in [0.25, 0.3) is 10.9 Å². The van der Waals surface area contributed by atoms with Gasteiger partial charge in [0.15, 0.2) is 0 Å². The third kappa shape index (κ3) is 3.41. The Morgan fingerprint density at radius 3 is 2.64 bits per heavy atom. The number of fused-ring (bicyclic) bond motifs is 1. The number of hydrogen-bond donors (Lipinski definition) is 2. The van der Waals surface area contributed by atoms with Gasteiger partial charge in [-0.1, -0.05) is 37.5 Å². The van der Waals surface area contributed by atoms with Crippen molar-refractivity contribution in [2.75, 3.05) is 7.05 Å². The molecule has 25 heavy (non-hydrogen) atoms. The summed E-state index contributed by atoms with van der Waals surface area (Å²) in [6.07, 6.45) is 7.84. The predicted molar refractivity (Wildman–Crippen MR) is 97.5 cm³/mol. The number of likely N-dealkylation sites (N-methyl/N-ethyl adjacent to an activating group) is 1. The summed E-state index contributed by atoms with van der Waals surface area (Å²) in [6.45, 7) is 0. The first-order valence-corrected chi connectivity index (χ1v) is 9.10. The number of benzene rings is 1. The molecule has 0 saturated heterocycles. The highest BCUT2D eigenvalue weighted by Gasteiger charge is 2.45. The zero-order chi connectivity index (χ0) is 17.9. The van der Waals surface area contributed by atoms with Crippen LogP contribution in [0, 0.1) is 0 Å². The van der Waals surface area contributed by atoms with Gasteiger partial charge in [0, 0.05) is 30.6 Å². The van der Waals surface area contributed by atoms with E-state index in [-0.39, 0.29) is 5.91 Å². The minimum atomic E-state index is -1.00. The van der Waals surface area contributed by atoms with E-state index < -0.39 is 11.5 Å². The minimum Gasteiger partial charge on any atom is -0.479 e. The quantitative estimate of drug-likeness (QED) is 0.840. The number of carboxylic acids is 1. The van der Waals surface area contributed by atoms with Gasteiger partial charge in [0.25, 0.3) is 0 Å². The Balaban J connectivity index is 1.61. The molecule has 1 aromatic heterocycles. The average molecular weight is 342 g/mol. The van der Waals surface area contributed by atoms with Crippen LogP contribution in [-0.4, -0.2) is 39.5 Å². The van der Waals surface area contributed by atoms with Crippen molar-refractivity contribution in [1.82, 2.24) is 9.88 Å². The largest absolute Gasteiger partial charge is 0.479 e. The number of carbonyl (C=O) groups is 2. The van der Waals surface area contributed by atoms with Crippen LogP contribution in [0.2, 0.25) is 0 Å². The first-order valence-electron chi connectivity index (χ1n) is 9.10. The molecule has 0 unspecified atom stereocenters. The maximum absolute atomic E-state index is 12.6. The molecule has 134 valence electrons. The van der Waals surface area contributed by atoms with Crippen LogP contribution >= 0.6 is 0 Å². The molecule has 2 N–H and O–H groups in total.